The average molecular weight is 168 g/mol. The highest BCUT2D eigenvalue weighted by molar-refractivity contribution is 5.20. The van der Waals surface area contributed by atoms with Gasteiger partial charge in [-0.1, -0.05) is 6.08 Å². The molecule has 0 spiro atoms. The molecule has 2 aliphatic carbocycles. The predicted octanol–water partition coefficient (Wildman–Crippen LogP) is 1.09. The lowest BCUT2D eigenvalue weighted by Crippen LogP contribution is -2.28. The Bertz CT molecular complexity index is 218. The second kappa shape index (κ2) is 2.57. The molecule has 0 aromatic rings. The van der Waals surface area contributed by atoms with Gasteiger partial charge in [-0.05, 0) is 37.7 Å². The molecule has 0 heterocycles. The molecule has 2 nitrogen and oxygen atoms in total. The number of rotatable bonds is 1. The molecule has 0 saturated heterocycles. The molecule has 0 bridgehead atoms. The summed E-state index contributed by atoms with van der Waals surface area (Å²) < 4.78 is 0. The van der Waals surface area contributed by atoms with Crippen molar-refractivity contribution in [3.63, 3.8) is 0 Å². The fourth-order valence-electron chi connectivity index (χ4n) is 2.65. The topological polar surface area (TPSA) is 40.5 Å². The van der Waals surface area contributed by atoms with Gasteiger partial charge in [-0.25, -0.2) is 0 Å². The van der Waals surface area contributed by atoms with Crippen LogP contribution in [0.2, 0.25) is 0 Å². The minimum atomic E-state index is -0.512. The molecular weight excluding hydrogens is 152 g/mol. The lowest BCUT2D eigenvalue weighted by Gasteiger charge is -2.23. The van der Waals surface area contributed by atoms with Crippen molar-refractivity contribution in [3.8, 4) is 0 Å². The molecule has 0 amide bonds. The summed E-state index contributed by atoms with van der Waals surface area (Å²) >= 11 is 0. The van der Waals surface area contributed by atoms with E-state index in [0.29, 0.717) is 11.8 Å². The first kappa shape index (κ1) is 8.27. The maximum atomic E-state index is 9.95. The second-order valence-corrected chi connectivity index (χ2v) is 4.37. The van der Waals surface area contributed by atoms with E-state index in [9.17, 15) is 5.11 Å². The Balaban J connectivity index is 2.18. The summed E-state index contributed by atoms with van der Waals surface area (Å²) in [7, 11) is 0. The van der Waals surface area contributed by atoms with Crippen molar-refractivity contribution in [2.45, 2.75) is 31.8 Å². The first-order chi connectivity index (χ1) is 5.63. The van der Waals surface area contributed by atoms with Crippen LogP contribution in [0.25, 0.3) is 0 Å². The third kappa shape index (κ3) is 1.10. The summed E-state index contributed by atoms with van der Waals surface area (Å²) in [5.74, 6) is 0.904. The molecule has 3 unspecified atom stereocenters. The minimum absolute atomic E-state index is 0.170. The van der Waals surface area contributed by atoms with Crippen LogP contribution in [0, 0.1) is 11.8 Å². The van der Waals surface area contributed by atoms with Crippen LogP contribution in [0.5, 0.6) is 0 Å². The largest absolute Gasteiger partial charge is 0.392 e. The van der Waals surface area contributed by atoms with Crippen molar-refractivity contribution in [1.82, 2.24) is 0 Å². The molecule has 0 aromatic heterocycles. The zero-order valence-corrected chi connectivity index (χ0v) is 7.45. The summed E-state index contributed by atoms with van der Waals surface area (Å²) in [5, 5.41) is 18.9. The third-order valence-electron chi connectivity index (χ3n) is 3.39. The van der Waals surface area contributed by atoms with Crippen LogP contribution < -0.4 is 0 Å². The van der Waals surface area contributed by atoms with Crippen LogP contribution in [0.4, 0.5) is 0 Å². The molecule has 0 aromatic carbocycles. The van der Waals surface area contributed by atoms with Gasteiger partial charge in [-0.3, -0.25) is 0 Å². The SMILES string of the molecule is CC1(O)CCC2CC(CO)=CC21. The van der Waals surface area contributed by atoms with E-state index in [1.54, 1.807) is 0 Å². The second-order valence-electron chi connectivity index (χ2n) is 4.37. The first-order valence-electron chi connectivity index (χ1n) is 4.66. The molecule has 3 atom stereocenters. The Labute approximate surface area is 72.9 Å². The smallest absolute Gasteiger partial charge is 0.0685 e. The number of aliphatic hydroxyl groups is 2. The molecule has 0 radical (unpaired) electrons. The molecule has 1 saturated carbocycles. The highest BCUT2D eigenvalue weighted by Crippen LogP contribution is 2.48. The van der Waals surface area contributed by atoms with Gasteiger partial charge in [0.05, 0.1) is 12.2 Å². The fourth-order valence-corrected chi connectivity index (χ4v) is 2.65. The number of aliphatic hydroxyl groups excluding tert-OH is 1. The monoisotopic (exact) mass is 168 g/mol. The molecular formula is C10H16O2. The van der Waals surface area contributed by atoms with Crippen LogP contribution in [0.3, 0.4) is 0 Å². The Morgan fingerprint density at radius 2 is 2.42 bits per heavy atom. The summed E-state index contributed by atoms with van der Waals surface area (Å²) in [5.41, 5.74) is 0.603. The van der Waals surface area contributed by atoms with Gasteiger partial charge < -0.3 is 10.2 Å². The maximum absolute atomic E-state index is 9.95. The summed E-state index contributed by atoms with van der Waals surface area (Å²) in [6, 6.07) is 0. The molecule has 2 aliphatic rings. The van der Waals surface area contributed by atoms with Gasteiger partial charge in [-0.2, -0.15) is 0 Å². The summed E-state index contributed by atoms with van der Waals surface area (Å²) in [6.07, 6.45) is 5.10. The van der Waals surface area contributed by atoms with Crippen molar-refractivity contribution >= 4 is 0 Å². The quantitative estimate of drug-likeness (QED) is 0.575. The zero-order chi connectivity index (χ0) is 8.77. The van der Waals surface area contributed by atoms with Crippen LogP contribution >= 0.6 is 0 Å². The van der Waals surface area contributed by atoms with Crippen LogP contribution in [0.1, 0.15) is 26.2 Å². The number of fused-ring (bicyclic) bond motifs is 1. The molecule has 12 heavy (non-hydrogen) atoms. The van der Waals surface area contributed by atoms with E-state index < -0.39 is 5.60 Å². The molecule has 2 N–H and O–H groups in total. The van der Waals surface area contributed by atoms with Gasteiger partial charge in [0.25, 0.3) is 0 Å². The molecule has 2 rings (SSSR count). The average Bonchev–Trinajstić information content (AvgIpc) is 2.53. The summed E-state index contributed by atoms with van der Waals surface area (Å²) in [6.45, 7) is 2.08. The van der Waals surface area contributed by atoms with Gasteiger partial charge >= 0.3 is 0 Å². The number of hydrogen-bond donors (Lipinski definition) is 2. The third-order valence-corrected chi connectivity index (χ3v) is 3.39. The molecule has 0 aliphatic heterocycles. The normalized spacial score (nSPS) is 46.1. The minimum Gasteiger partial charge on any atom is -0.392 e. The zero-order valence-electron chi connectivity index (χ0n) is 7.45. The van der Waals surface area contributed by atoms with E-state index in [4.69, 9.17) is 5.11 Å². The van der Waals surface area contributed by atoms with Crippen molar-refractivity contribution in [2.75, 3.05) is 6.61 Å². The van der Waals surface area contributed by atoms with E-state index >= 15 is 0 Å². The highest BCUT2D eigenvalue weighted by Gasteiger charge is 2.45. The Morgan fingerprint density at radius 1 is 1.67 bits per heavy atom. The molecule has 68 valence electrons. The Kier molecular flexibility index (Phi) is 1.77. The Hall–Kier alpha value is -0.340. The summed E-state index contributed by atoms with van der Waals surface area (Å²) in [4.78, 5) is 0. The highest BCUT2D eigenvalue weighted by atomic mass is 16.3. The maximum Gasteiger partial charge on any atom is 0.0685 e. The fraction of sp³-hybridized carbons (Fsp3) is 0.800. The first-order valence-corrected chi connectivity index (χ1v) is 4.66. The van der Waals surface area contributed by atoms with Gasteiger partial charge in [0.2, 0.25) is 0 Å². The standard InChI is InChI=1S/C10H16O2/c1-10(12)3-2-8-4-7(6-11)5-9(8)10/h5,8-9,11-12H,2-4,6H2,1H3. The lowest BCUT2D eigenvalue weighted by atomic mass is 9.90. The van der Waals surface area contributed by atoms with Gasteiger partial charge in [0.15, 0.2) is 0 Å². The van der Waals surface area contributed by atoms with E-state index in [2.05, 4.69) is 6.08 Å². The van der Waals surface area contributed by atoms with Crippen molar-refractivity contribution in [1.29, 1.82) is 0 Å². The van der Waals surface area contributed by atoms with Crippen molar-refractivity contribution in [2.24, 2.45) is 11.8 Å². The van der Waals surface area contributed by atoms with E-state index in [1.807, 2.05) is 6.92 Å². The van der Waals surface area contributed by atoms with Gasteiger partial charge in [0.1, 0.15) is 0 Å². The van der Waals surface area contributed by atoms with E-state index in [0.717, 1.165) is 24.8 Å². The molecule has 1 fully saturated rings. The van der Waals surface area contributed by atoms with E-state index in [-0.39, 0.29) is 6.61 Å². The van der Waals surface area contributed by atoms with Gasteiger partial charge in [-0.15, -0.1) is 0 Å². The van der Waals surface area contributed by atoms with Crippen molar-refractivity contribution in [3.05, 3.63) is 11.6 Å². The number of hydrogen-bond acceptors (Lipinski definition) is 2. The van der Waals surface area contributed by atoms with Gasteiger partial charge in [0, 0.05) is 5.92 Å². The predicted molar refractivity (Wildman–Crippen MR) is 46.6 cm³/mol. The van der Waals surface area contributed by atoms with Crippen LogP contribution in [-0.4, -0.2) is 22.4 Å². The van der Waals surface area contributed by atoms with Crippen molar-refractivity contribution < 1.29 is 10.2 Å². The Morgan fingerprint density at radius 3 is 3.00 bits per heavy atom. The van der Waals surface area contributed by atoms with E-state index in [1.165, 1.54) is 0 Å². The van der Waals surface area contributed by atoms with Crippen LogP contribution in [-0.2, 0) is 0 Å². The molecule has 2 heteroatoms. The lowest BCUT2D eigenvalue weighted by molar-refractivity contribution is 0.0333. The van der Waals surface area contributed by atoms with Crippen LogP contribution in [0.15, 0.2) is 11.6 Å².